The van der Waals surface area contributed by atoms with Crippen LogP contribution in [0.4, 0.5) is 24.8 Å². The molecular formula is C23H15F3N4O3. The maximum absolute atomic E-state index is 13.4. The summed E-state index contributed by atoms with van der Waals surface area (Å²) in [6, 6.07) is 19.0. The second-order valence-electron chi connectivity index (χ2n) is 6.73. The third kappa shape index (κ3) is 5.24. The average Bonchev–Trinajstić information content (AvgIpc) is 2.79. The van der Waals surface area contributed by atoms with Crippen molar-refractivity contribution in [3.63, 3.8) is 0 Å². The Morgan fingerprint density at radius 2 is 1.52 bits per heavy atom. The van der Waals surface area contributed by atoms with Gasteiger partial charge in [-0.15, -0.1) is 0 Å². The zero-order valence-corrected chi connectivity index (χ0v) is 16.7. The fourth-order valence-electron chi connectivity index (χ4n) is 2.89. The lowest BCUT2D eigenvalue weighted by Crippen LogP contribution is -2.08. The van der Waals surface area contributed by atoms with Gasteiger partial charge in [-0.2, -0.15) is 28.1 Å². The number of hydrogen-bond acceptors (Lipinski definition) is 6. The van der Waals surface area contributed by atoms with Crippen molar-refractivity contribution >= 4 is 17.6 Å². The van der Waals surface area contributed by atoms with Crippen LogP contribution in [-0.2, 0) is 6.18 Å². The molecule has 0 amide bonds. The smallest absolute Gasteiger partial charge is 0.419 e. The quantitative estimate of drug-likeness (QED) is 0.382. The highest BCUT2D eigenvalue weighted by Crippen LogP contribution is 2.37. The Bertz CT molecular complexity index is 1280. The number of para-hydroxylation sites is 1. The fraction of sp³-hybridized carbons (Fsp3) is 0.0435. The predicted molar refractivity (Wildman–Crippen MR) is 113 cm³/mol. The Kier molecular flexibility index (Phi) is 5.90. The van der Waals surface area contributed by atoms with Gasteiger partial charge in [0.1, 0.15) is 5.75 Å². The van der Waals surface area contributed by atoms with E-state index in [-0.39, 0.29) is 23.3 Å². The highest BCUT2D eigenvalue weighted by molar-refractivity contribution is 5.88. The molecule has 0 aliphatic heterocycles. The molecular weight excluding hydrogens is 437 g/mol. The van der Waals surface area contributed by atoms with Gasteiger partial charge >= 0.3 is 18.2 Å². The zero-order valence-electron chi connectivity index (χ0n) is 16.7. The molecule has 0 aliphatic carbocycles. The summed E-state index contributed by atoms with van der Waals surface area (Å²) >= 11 is 0. The number of aromatic nitrogens is 3. The van der Waals surface area contributed by atoms with Gasteiger partial charge in [-0.1, -0.05) is 42.5 Å². The summed E-state index contributed by atoms with van der Waals surface area (Å²) in [5.41, 5.74) is 0.185. The summed E-state index contributed by atoms with van der Waals surface area (Å²) in [4.78, 5) is 23.6. The van der Waals surface area contributed by atoms with E-state index < -0.39 is 23.5 Å². The molecule has 2 N–H and O–H groups in total. The van der Waals surface area contributed by atoms with E-state index in [1.54, 1.807) is 30.3 Å². The topological polar surface area (TPSA) is 97.2 Å². The molecule has 3 aromatic carbocycles. The maximum Gasteiger partial charge on any atom is 0.419 e. The third-order valence-corrected chi connectivity index (χ3v) is 4.43. The number of carboxylic acids is 1. The minimum Gasteiger partial charge on any atom is -0.478 e. The number of carbonyl (C=O) groups is 1. The molecule has 0 fully saturated rings. The van der Waals surface area contributed by atoms with Gasteiger partial charge in [0.25, 0.3) is 0 Å². The number of nitrogens with zero attached hydrogens (tertiary/aromatic N) is 3. The van der Waals surface area contributed by atoms with Crippen LogP contribution in [0.25, 0.3) is 11.4 Å². The highest BCUT2D eigenvalue weighted by Gasteiger charge is 2.34. The SMILES string of the molecule is O=C(O)c1ccc(Nc2nc(Oc3ccccc3C(F)(F)F)nc(-c3ccccc3)n2)cc1. The van der Waals surface area contributed by atoms with Crippen molar-refractivity contribution in [3.8, 4) is 23.1 Å². The summed E-state index contributed by atoms with van der Waals surface area (Å²) in [7, 11) is 0. The molecule has 4 aromatic rings. The van der Waals surface area contributed by atoms with Crippen molar-refractivity contribution in [3.05, 3.63) is 90.0 Å². The molecule has 1 heterocycles. The molecule has 0 aliphatic rings. The molecule has 0 spiro atoms. The Labute approximate surface area is 185 Å². The van der Waals surface area contributed by atoms with Crippen molar-refractivity contribution in [2.24, 2.45) is 0 Å². The fourth-order valence-corrected chi connectivity index (χ4v) is 2.89. The number of anilines is 2. The molecule has 1 aromatic heterocycles. The second kappa shape index (κ2) is 8.95. The van der Waals surface area contributed by atoms with Gasteiger partial charge < -0.3 is 15.2 Å². The van der Waals surface area contributed by atoms with E-state index in [9.17, 15) is 18.0 Å². The van der Waals surface area contributed by atoms with Crippen molar-refractivity contribution in [1.29, 1.82) is 0 Å². The Morgan fingerprint density at radius 3 is 2.18 bits per heavy atom. The van der Waals surface area contributed by atoms with Gasteiger partial charge in [0.15, 0.2) is 5.82 Å². The summed E-state index contributed by atoms with van der Waals surface area (Å²) in [6.07, 6.45) is -4.63. The molecule has 166 valence electrons. The van der Waals surface area contributed by atoms with Crippen LogP contribution in [0.15, 0.2) is 78.9 Å². The van der Waals surface area contributed by atoms with Crippen molar-refractivity contribution in [2.75, 3.05) is 5.32 Å². The van der Waals surface area contributed by atoms with Crippen molar-refractivity contribution < 1.29 is 27.8 Å². The molecule has 4 rings (SSSR count). The van der Waals surface area contributed by atoms with Gasteiger partial charge in [-0.25, -0.2) is 4.79 Å². The van der Waals surface area contributed by atoms with Crippen LogP contribution < -0.4 is 10.1 Å². The lowest BCUT2D eigenvalue weighted by atomic mass is 10.2. The van der Waals surface area contributed by atoms with Gasteiger partial charge in [-0.3, -0.25) is 0 Å². The molecule has 0 radical (unpaired) electrons. The maximum atomic E-state index is 13.4. The van der Waals surface area contributed by atoms with Crippen LogP contribution in [0.2, 0.25) is 0 Å². The zero-order chi connectivity index (χ0) is 23.4. The lowest BCUT2D eigenvalue weighted by Gasteiger charge is -2.13. The van der Waals surface area contributed by atoms with Gasteiger partial charge in [-0.05, 0) is 36.4 Å². The predicted octanol–water partition coefficient (Wildman–Crippen LogP) is 5.79. The lowest BCUT2D eigenvalue weighted by molar-refractivity contribution is -0.138. The van der Waals surface area contributed by atoms with E-state index in [2.05, 4.69) is 20.3 Å². The molecule has 0 saturated carbocycles. The number of ether oxygens (including phenoxy) is 1. The van der Waals surface area contributed by atoms with Gasteiger partial charge in [0.05, 0.1) is 11.1 Å². The Morgan fingerprint density at radius 1 is 0.848 bits per heavy atom. The highest BCUT2D eigenvalue weighted by atomic mass is 19.4. The molecule has 33 heavy (non-hydrogen) atoms. The van der Waals surface area contributed by atoms with E-state index in [0.29, 0.717) is 11.3 Å². The van der Waals surface area contributed by atoms with Gasteiger partial charge in [0, 0.05) is 11.3 Å². The first-order chi connectivity index (χ1) is 15.8. The number of benzene rings is 3. The molecule has 10 heteroatoms. The first-order valence-corrected chi connectivity index (χ1v) is 9.55. The summed E-state index contributed by atoms with van der Waals surface area (Å²) in [5.74, 6) is -1.35. The largest absolute Gasteiger partial charge is 0.478 e. The Balaban J connectivity index is 1.72. The summed E-state index contributed by atoms with van der Waals surface area (Å²) in [5, 5.41) is 11.9. The number of carboxylic acid groups (broad SMARTS) is 1. The number of aromatic carboxylic acids is 1. The van der Waals surface area contributed by atoms with E-state index in [1.807, 2.05) is 0 Å². The standard InChI is InChI=1S/C23H15F3N4O3/c24-23(25,26)17-8-4-5-9-18(17)33-22-29-19(14-6-2-1-3-7-14)28-21(30-22)27-16-12-10-15(11-13-16)20(31)32/h1-13H,(H,31,32)(H,27,28,29,30). The van der Waals surface area contributed by atoms with Crippen LogP contribution >= 0.6 is 0 Å². The third-order valence-electron chi connectivity index (χ3n) is 4.43. The number of halogens is 3. The second-order valence-corrected chi connectivity index (χ2v) is 6.73. The molecule has 7 nitrogen and oxygen atoms in total. The summed E-state index contributed by atoms with van der Waals surface area (Å²) in [6.45, 7) is 0. The van der Waals surface area contributed by atoms with Crippen molar-refractivity contribution in [2.45, 2.75) is 6.18 Å². The number of alkyl halides is 3. The van der Waals surface area contributed by atoms with E-state index in [4.69, 9.17) is 9.84 Å². The number of rotatable bonds is 6. The molecule has 0 bridgehead atoms. The normalized spacial score (nSPS) is 11.1. The van der Waals surface area contributed by atoms with E-state index >= 15 is 0 Å². The number of nitrogens with one attached hydrogen (secondary N) is 1. The Hall–Kier alpha value is -4.47. The van der Waals surface area contributed by atoms with E-state index in [0.717, 1.165) is 6.07 Å². The summed E-state index contributed by atoms with van der Waals surface area (Å²) < 4.78 is 45.5. The van der Waals surface area contributed by atoms with Crippen LogP contribution in [0.5, 0.6) is 11.8 Å². The first-order valence-electron chi connectivity index (χ1n) is 9.55. The van der Waals surface area contributed by atoms with Crippen LogP contribution in [0.3, 0.4) is 0 Å². The average molecular weight is 452 g/mol. The molecule has 0 atom stereocenters. The first kappa shape index (κ1) is 21.8. The monoisotopic (exact) mass is 452 g/mol. The van der Waals surface area contributed by atoms with Crippen LogP contribution in [-0.4, -0.2) is 26.0 Å². The molecule has 0 unspecified atom stereocenters. The van der Waals surface area contributed by atoms with Crippen LogP contribution in [0.1, 0.15) is 15.9 Å². The number of hydrogen-bond donors (Lipinski definition) is 2. The van der Waals surface area contributed by atoms with Crippen molar-refractivity contribution in [1.82, 2.24) is 15.0 Å². The molecule has 0 saturated heterocycles. The minimum absolute atomic E-state index is 0.00594. The van der Waals surface area contributed by atoms with Crippen LogP contribution in [0, 0.1) is 0 Å². The minimum atomic E-state index is -4.63. The van der Waals surface area contributed by atoms with E-state index in [1.165, 1.54) is 42.5 Å². The van der Waals surface area contributed by atoms with Gasteiger partial charge in [0.2, 0.25) is 5.95 Å².